The zero-order chi connectivity index (χ0) is 47.1. The Labute approximate surface area is 413 Å². The molecule has 1 aromatic heterocycles. The molecule has 0 N–H and O–H groups in total. The van der Waals surface area contributed by atoms with Gasteiger partial charge in [0.2, 0.25) is 0 Å². The predicted molar refractivity (Wildman–Crippen MR) is 300 cm³/mol. The molecule has 71 heavy (non-hydrogen) atoms. The van der Waals surface area contributed by atoms with Crippen molar-refractivity contribution in [2.45, 2.75) is 0 Å². The summed E-state index contributed by atoms with van der Waals surface area (Å²) < 4.78 is 6.98. The number of hydrogen-bond donors (Lipinski definition) is 0. The molecular weight excluding hydrogens is 861 g/mol. The number of rotatable bonds is 10. The van der Waals surface area contributed by atoms with Gasteiger partial charge in [0.25, 0.3) is 0 Å². The smallest absolute Gasteiger partial charge is 0.137 e. The van der Waals surface area contributed by atoms with Crippen molar-refractivity contribution in [2.24, 2.45) is 0 Å². The standard InChI is InChI=1S/C68H46N2O/c1-6-21-47(22-7-1)58-39-37-55(45-61(58)50-25-10-3-11-26-50)69(53-31-12-4-13-32-53)64-41-42-65-67(63-43-51-28-16-17-29-52(51)44-66(63)71-65)68(64)70(54-33-14-5-15-34-54)56-38-40-59(48-23-8-2-9-24-48)62(46-56)60-36-20-30-49-27-18-19-35-57(49)60/h1-46H. The molecule has 0 saturated carbocycles. The van der Waals surface area contributed by atoms with Crippen LogP contribution in [0, 0.1) is 0 Å². The van der Waals surface area contributed by atoms with E-state index in [0.717, 1.165) is 94.7 Å². The Morgan fingerprint density at radius 2 is 0.732 bits per heavy atom. The van der Waals surface area contributed by atoms with Crippen LogP contribution in [0.4, 0.5) is 34.1 Å². The molecular formula is C68H46N2O. The van der Waals surface area contributed by atoms with Crippen LogP contribution in [-0.4, -0.2) is 0 Å². The molecule has 0 aliphatic heterocycles. The van der Waals surface area contributed by atoms with Crippen molar-refractivity contribution >= 4 is 77.6 Å². The minimum Gasteiger partial charge on any atom is -0.456 e. The summed E-state index contributed by atoms with van der Waals surface area (Å²) in [6, 6.07) is 101. The van der Waals surface area contributed by atoms with Crippen molar-refractivity contribution in [3.63, 3.8) is 0 Å². The summed E-state index contributed by atoms with van der Waals surface area (Å²) >= 11 is 0. The van der Waals surface area contributed by atoms with Crippen molar-refractivity contribution in [3.05, 3.63) is 279 Å². The maximum Gasteiger partial charge on any atom is 0.137 e. The van der Waals surface area contributed by atoms with Crippen LogP contribution in [0.25, 0.3) is 88.0 Å². The zero-order valence-corrected chi connectivity index (χ0v) is 38.9. The second-order valence-electron chi connectivity index (χ2n) is 18.0. The number of anilines is 6. The highest BCUT2D eigenvalue weighted by Gasteiger charge is 2.29. The number of nitrogens with zero attached hydrogens (tertiary/aromatic N) is 2. The topological polar surface area (TPSA) is 19.6 Å². The minimum atomic E-state index is 0.808. The van der Waals surface area contributed by atoms with E-state index in [1.807, 2.05) is 0 Å². The van der Waals surface area contributed by atoms with Crippen molar-refractivity contribution in [3.8, 4) is 44.5 Å². The van der Waals surface area contributed by atoms with Gasteiger partial charge in [0.05, 0.1) is 16.8 Å². The summed E-state index contributed by atoms with van der Waals surface area (Å²) in [6.45, 7) is 0. The first kappa shape index (κ1) is 41.7. The van der Waals surface area contributed by atoms with E-state index in [4.69, 9.17) is 4.42 Å². The van der Waals surface area contributed by atoms with Crippen LogP contribution in [0.5, 0.6) is 0 Å². The number of fused-ring (bicyclic) bond motifs is 5. The maximum atomic E-state index is 6.98. The lowest BCUT2D eigenvalue weighted by Crippen LogP contribution is -2.17. The van der Waals surface area contributed by atoms with E-state index in [0.29, 0.717) is 0 Å². The van der Waals surface area contributed by atoms with Crippen molar-refractivity contribution in [2.75, 3.05) is 9.80 Å². The molecule has 13 rings (SSSR count). The monoisotopic (exact) mass is 906 g/mol. The average molecular weight is 907 g/mol. The molecule has 0 radical (unpaired) electrons. The normalized spacial score (nSPS) is 11.4. The van der Waals surface area contributed by atoms with Gasteiger partial charge >= 0.3 is 0 Å². The largest absolute Gasteiger partial charge is 0.456 e. The Balaban J connectivity index is 1.15. The summed E-state index contributed by atoms with van der Waals surface area (Å²) in [5, 5.41) is 6.76. The van der Waals surface area contributed by atoms with Crippen LogP contribution < -0.4 is 9.80 Å². The van der Waals surface area contributed by atoms with Gasteiger partial charge in [0, 0.05) is 28.1 Å². The molecule has 0 fully saturated rings. The maximum absolute atomic E-state index is 6.98. The molecule has 0 amide bonds. The number of hydrogen-bond acceptors (Lipinski definition) is 3. The SMILES string of the molecule is c1ccc(-c2ccc(N(c3ccccc3)c3ccc4oc5cc6ccccc6cc5c4c3N(c3ccccc3)c3ccc(-c4ccccc4)c(-c4cccc5ccccc45)c3)cc2-c2ccccc2)cc1. The van der Waals surface area contributed by atoms with Crippen molar-refractivity contribution in [1.82, 2.24) is 0 Å². The summed E-state index contributed by atoms with van der Waals surface area (Å²) in [4.78, 5) is 4.88. The molecule has 0 saturated heterocycles. The number of para-hydroxylation sites is 2. The minimum absolute atomic E-state index is 0.808. The van der Waals surface area contributed by atoms with Gasteiger partial charge in [-0.25, -0.2) is 0 Å². The Kier molecular flexibility index (Phi) is 10.5. The quantitative estimate of drug-likeness (QED) is 0.136. The Hall–Kier alpha value is -9.44. The summed E-state index contributed by atoms with van der Waals surface area (Å²) in [5.41, 5.74) is 17.0. The van der Waals surface area contributed by atoms with E-state index in [2.05, 4.69) is 289 Å². The van der Waals surface area contributed by atoms with Gasteiger partial charge in [0.15, 0.2) is 0 Å². The third-order valence-corrected chi connectivity index (χ3v) is 13.8. The average Bonchev–Trinajstić information content (AvgIpc) is 3.81. The van der Waals surface area contributed by atoms with Gasteiger partial charge in [-0.1, -0.05) is 206 Å². The molecule has 13 aromatic rings. The van der Waals surface area contributed by atoms with E-state index in [-0.39, 0.29) is 0 Å². The van der Waals surface area contributed by atoms with Gasteiger partial charge in [-0.05, 0) is 139 Å². The molecule has 0 aliphatic carbocycles. The third-order valence-electron chi connectivity index (χ3n) is 13.8. The molecule has 0 atom stereocenters. The number of benzene rings is 12. The highest BCUT2D eigenvalue weighted by Crippen LogP contribution is 2.53. The molecule has 0 bridgehead atoms. The Bertz CT molecular complexity index is 4030. The second-order valence-corrected chi connectivity index (χ2v) is 18.0. The Morgan fingerprint density at radius 3 is 1.37 bits per heavy atom. The molecule has 0 aliphatic rings. The lowest BCUT2D eigenvalue weighted by molar-refractivity contribution is 0.669. The third kappa shape index (κ3) is 7.58. The van der Waals surface area contributed by atoms with E-state index < -0.39 is 0 Å². The molecule has 3 heteroatoms. The van der Waals surface area contributed by atoms with Gasteiger partial charge in [-0.15, -0.1) is 0 Å². The highest BCUT2D eigenvalue weighted by atomic mass is 16.3. The first-order chi connectivity index (χ1) is 35.2. The summed E-state index contributed by atoms with van der Waals surface area (Å²) in [5.74, 6) is 0. The van der Waals surface area contributed by atoms with Gasteiger partial charge in [-0.3, -0.25) is 0 Å². The molecule has 12 aromatic carbocycles. The van der Waals surface area contributed by atoms with E-state index in [1.165, 1.54) is 27.5 Å². The molecule has 3 nitrogen and oxygen atoms in total. The lowest BCUT2D eigenvalue weighted by atomic mass is 9.90. The lowest BCUT2D eigenvalue weighted by Gasteiger charge is -2.34. The van der Waals surface area contributed by atoms with Crippen LogP contribution in [0.2, 0.25) is 0 Å². The van der Waals surface area contributed by atoms with Crippen molar-refractivity contribution in [1.29, 1.82) is 0 Å². The predicted octanol–water partition coefficient (Wildman–Crippen LogP) is 19.5. The summed E-state index contributed by atoms with van der Waals surface area (Å²) in [7, 11) is 0. The second kappa shape index (κ2) is 17.9. The first-order valence-electron chi connectivity index (χ1n) is 24.2. The fourth-order valence-electron chi connectivity index (χ4n) is 10.5. The van der Waals surface area contributed by atoms with E-state index in [1.54, 1.807) is 0 Å². The van der Waals surface area contributed by atoms with Gasteiger partial charge < -0.3 is 14.2 Å². The van der Waals surface area contributed by atoms with Crippen molar-refractivity contribution < 1.29 is 4.42 Å². The van der Waals surface area contributed by atoms with Crippen LogP contribution >= 0.6 is 0 Å². The van der Waals surface area contributed by atoms with Crippen LogP contribution in [0.15, 0.2) is 283 Å². The molecule has 334 valence electrons. The van der Waals surface area contributed by atoms with E-state index in [9.17, 15) is 0 Å². The fourth-order valence-corrected chi connectivity index (χ4v) is 10.5. The Morgan fingerprint density at radius 1 is 0.254 bits per heavy atom. The van der Waals surface area contributed by atoms with Gasteiger partial charge in [0.1, 0.15) is 11.2 Å². The molecule has 1 heterocycles. The van der Waals surface area contributed by atoms with E-state index >= 15 is 0 Å². The fraction of sp³-hybridized carbons (Fsp3) is 0. The summed E-state index contributed by atoms with van der Waals surface area (Å²) in [6.07, 6.45) is 0. The van der Waals surface area contributed by atoms with Crippen LogP contribution in [0.1, 0.15) is 0 Å². The van der Waals surface area contributed by atoms with Gasteiger partial charge in [-0.2, -0.15) is 0 Å². The van der Waals surface area contributed by atoms with Crippen LogP contribution in [0.3, 0.4) is 0 Å². The molecule has 0 unspecified atom stereocenters. The number of furan rings is 1. The highest BCUT2D eigenvalue weighted by molar-refractivity contribution is 6.20. The zero-order valence-electron chi connectivity index (χ0n) is 38.9. The van der Waals surface area contributed by atoms with Crippen LogP contribution in [-0.2, 0) is 0 Å². The molecule has 0 spiro atoms. The first-order valence-corrected chi connectivity index (χ1v) is 24.2.